The minimum atomic E-state index is -0.0971. The summed E-state index contributed by atoms with van der Waals surface area (Å²) in [5, 5.41) is 4.29. The van der Waals surface area contributed by atoms with Gasteiger partial charge in [-0.05, 0) is 43.1 Å². The number of aromatic nitrogens is 5. The predicted molar refractivity (Wildman–Crippen MR) is 134 cm³/mol. The van der Waals surface area contributed by atoms with Crippen LogP contribution in [0.1, 0.15) is 25.7 Å². The molecule has 0 atom stereocenters. The summed E-state index contributed by atoms with van der Waals surface area (Å²) in [6, 6.07) is 4.38. The Balaban J connectivity index is 1.37. The topological polar surface area (TPSA) is 89.4 Å². The van der Waals surface area contributed by atoms with E-state index < -0.39 is 0 Å². The van der Waals surface area contributed by atoms with Crippen molar-refractivity contribution in [2.24, 2.45) is 0 Å². The Morgan fingerprint density at radius 2 is 1.97 bits per heavy atom. The van der Waals surface area contributed by atoms with Gasteiger partial charge in [0.05, 0.1) is 18.6 Å². The molecule has 32 heavy (non-hydrogen) atoms. The molecule has 4 aromatic heterocycles. The lowest BCUT2D eigenvalue weighted by molar-refractivity contribution is 0.0202. The maximum atomic E-state index is 6.15. The van der Waals surface area contributed by atoms with Gasteiger partial charge in [0, 0.05) is 42.0 Å². The number of hydrogen-bond donors (Lipinski definition) is 2. The van der Waals surface area contributed by atoms with Crippen molar-refractivity contribution in [1.82, 2.24) is 24.3 Å². The monoisotopic (exact) mass is 428 g/mol. The Kier molecular flexibility index (Phi) is 5.37. The third kappa shape index (κ3) is 4.21. The molecule has 1 fully saturated rings. The number of aromatic amines is 1. The van der Waals surface area contributed by atoms with Gasteiger partial charge in [-0.25, -0.2) is 4.98 Å². The van der Waals surface area contributed by atoms with Gasteiger partial charge in [-0.2, -0.15) is 9.97 Å². The van der Waals surface area contributed by atoms with E-state index in [1.54, 1.807) is 13.3 Å². The van der Waals surface area contributed by atoms with Crippen LogP contribution in [0.2, 0.25) is 0 Å². The molecule has 0 spiro atoms. The molecule has 4 heterocycles. The van der Waals surface area contributed by atoms with E-state index in [-0.39, 0.29) is 5.30 Å². The predicted octanol–water partition coefficient (Wildman–Crippen LogP) is 0.531. The van der Waals surface area contributed by atoms with E-state index in [9.17, 15) is 0 Å². The molecule has 0 unspecified atom stereocenters. The van der Waals surface area contributed by atoms with E-state index in [4.69, 9.17) is 14.5 Å². The molecule has 0 aliphatic heterocycles. The molecular weight excluding hydrogens is 401 g/mol. The zero-order valence-electron chi connectivity index (χ0n) is 19.1. The van der Waals surface area contributed by atoms with Gasteiger partial charge in [-0.1, -0.05) is 0 Å². The van der Waals surface area contributed by atoms with E-state index in [0.717, 1.165) is 53.5 Å². The highest BCUT2D eigenvalue weighted by atomic mass is 16.5. The van der Waals surface area contributed by atoms with Crippen LogP contribution in [0.4, 0.5) is 5.95 Å². The summed E-state index contributed by atoms with van der Waals surface area (Å²) >= 11 is 0. The summed E-state index contributed by atoms with van der Waals surface area (Å²) in [7, 11) is 8.00. The van der Waals surface area contributed by atoms with Gasteiger partial charge in [-0.3, -0.25) is 0 Å². The molecule has 1 saturated carbocycles. The number of hydrogen-bond acceptors (Lipinski definition) is 6. The largest absolute Gasteiger partial charge is 0.480 e. The van der Waals surface area contributed by atoms with E-state index in [1.807, 2.05) is 22.9 Å². The second-order valence-corrected chi connectivity index (χ2v) is 9.44. The summed E-state index contributed by atoms with van der Waals surface area (Å²) in [6.45, 7) is 0. The number of imidazole rings is 1. The summed E-state index contributed by atoms with van der Waals surface area (Å²) in [4.78, 5) is 17.0. The van der Waals surface area contributed by atoms with Crippen molar-refractivity contribution in [2.45, 2.75) is 43.1 Å². The lowest BCUT2D eigenvalue weighted by Crippen LogP contribution is -2.41. The molecule has 0 amide bonds. The number of H-pyrrole nitrogens is 1. The van der Waals surface area contributed by atoms with Crippen LogP contribution < -0.4 is 10.1 Å². The van der Waals surface area contributed by atoms with Gasteiger partial charge in [0.1, 0.15) is 34.8 Å². The SMILES string of the molecule is BC(B)(B)O[C@H]1CC[C@H](Nc2nc(OC)c3c(-c4ccc5nccn5c4)c[nH]c3n2)CC1. The van der Waals surface area contributed by atoms with Crippen molar-refractivity contribution in [3.05, 3.63) is 36.9 Å². The molecule has 0 aromatic carbocycles. The van der Waals surface area contributed by atoms with E-state index >= 15 is 0 Å². The molecule has 0 bridgehead atoms. The van der Waals surface area contributed by atoms with Crippen LogP contribution in [0.5, 0.6) is 5.88 Å². The molecule has 8 nitrogen and oxygen atoms in total. The van der Waals surface area contributed by atoms with Gasteiger partial charge < -0.3 is 24.2 Å². The number of nitrogens with one attached hydrogen (secondary N) is 2. The molecule has 4 aromatic rings. The Morgan fingerprint density at radius 1 is 1.16 bits per heavy atom. The number of methoxy groups -OCH3 is 1. The standard InChI is InChI=1S/C21H27B3N6O2/c1-31-19-17-15(12-2-7-16-25-8-9-30(16)11-12)10-26-18(17)28-20(29-19)27-13-3-5-14(6-4-13)32-21(22,23)24/h2,7-11,13-14H,3-6,22-24H2,1H3,(H2,26,27,28,29)/t13-,14-. The zero-order chi connectivity index (χ0) is 22.3. The van der Waals surface area contributed by atoms with E-state index in [1.165, 1.54) is 0 Å². The van der Waals surface area contributed by atoms with Crippen molar-refractivity contribution in [3.63, 3.8) is 0 Å². The van der Waals surface area contributed by atoms with Crippen LogP contribution in [0.15, 0.2) is 36.9 Å². The summed E-state index contributed by atoms with van der Waals surface area (Å²) in [5.41, 5.74) is 3.70. The summed E-state index contributed by atoms with van der Waals surface area (Å²) < 4.78 is 13.8. The maximum Gasteiger partial charge on any atom is 0.228 e. The van der Waals surface area contributed by atoms with Gasteiger partial charge in [0.25, 0.3) is 0 Å². The Labute approximate surface area is 189 Å². The van der Waals surface area contributed by atoms with Crippen molar-refractivity contribution >= 4 is 46.2 Å². The summed E-state index contributed by atoms with van der Waals surface area (Å²) in [6.07, 6.45) is 12.2. The second-order valence-electron chi connectivity index (χ2n) is 9.44. The van der Waals surface area contributed by atoms with Crippen molar-refractivity contribution in [1.29, 1.82) is 0 Å². The molecule has 11 heteroatoms. The van der Waals surface area contributed by atoms with E-state index in [2.05, 4.69) is 56.1 Å². The number of ether oxygens (including phenoxy) is 2. The normalized spacial score (nSPS) is 19.4. The molecule has 2 N–H and O–H groups in total. The highest BCUT2D eigenvalue weighted by Crippen LogP contribution is 2.35. The molecule has 0 saturated heterocycles. The Bertz CT molecular complexity index is 1240. The van der Waals surface area contributed by atoms with Crippen LogP contribution in [-0.4, -0.2) is 72.4 Å². The van der Waals surface area contributed by atoms with E-state index in [0.29, 0.717) is 24.0 Å². The van der Waals surface area contributed by atoms with Crippen molar-refractivity contribution in [2.75, 3.05) is 12.4 Å². The molecule has 1 aliphatic carbocycles. The fourth-order valence-electron chi connectivity index (χ4n) is 4.53. The zero-order valence-corrected chi connectivity index (χ0v) is 19.1. The fraction of sp³-hybridized carbons (Fsp3) is 0.381. The first-order valence-corrected chi connectivity index (χ1v) is 11.2. The first kappa shape index (κ1) is 20.9. The van der Waals surface area contributed by atoms with Crippen LogP contribution in [0.3, 0.4) is 0 Å². The van der Waals surface area contributed by atoms with Gasteiger partial charge in [-0.15, -0.1) is 0 Å². The fourth-order valence-corrected chi connectivity index (χ4v) is 4.53. The number of fused-ring (bicyclic) bond motifs is 2. The smallest absolute Gasteiger partial charge is 0.228 e. The number of pyridine rings is 1. The molecular formula is C21H27B3N6O2. The molecule has 162 valence electrons. The average molecular weight is 428 g/mol. The number of nitrogens with zero attached hydrogens (tertiary/aromatic N) is 4. The van der Waals surface area contributed by atoms with Gasteiger partial charge in [0.15, 0.2) is 0 Å². The van der Waals surface area contributed by atoms with Crippen LogP contribution >= 0.6 is 0 Å². The van der Waals surface area contributed by atoms with Gasteiger partial charge >= 0.3 is 0 Å². The lowest BCUT2D eigenvalue weighted by Gasteiger charge is -2.34. The number of anilines is 1. The summed E-state index contributed by atoms with van der Waals surface area (Å²) in [5.74, 6) is 1.15. The average Bonchev–Trinajstić information content (AvgIpc) is 3.40. The minimum Gasteiger partial charge on any atom is -0.480 e. The highest BCUT2D eigenvalue weighted by Gasteiger charge is 2.26. The molecule has 1 aliphatic rings. The van der Waals surface area contributed by atoms with Crippen LogP contribution in [0.25, 0.3) is 27.8 Å². The first-order chi connectivity index (χ1) is 15.4. The number of rotatable bonds is 6. The maximum absolute atomic E-state index is 6.15. The van der Waals surface area contributed by atoms with Crippen molar-refractivity contribution < 1.29 is 9.47 Å². The highest BCUT2D eigenvalue weighted by molar-refractivity contribution is 6.58. The second kappa shape index (κ2) is 8.20. The van der Waals surface area contributed by atoms with Crippen LogP contribution in [0, 0.1) is 0 Å². The third-order valence-electron chi connectivity index (χ3n) is 5.92. The molecule has 0 radical (unpaired) electrons. The van der Waals surface area contributed by atoms with Crippen LogP contribution in [-0.2, 0) is 4.74 Å². The Morgan fingerprint density at radius 3 is 2.72 bits per heavy atom. The minimum absolute atomic E-state index is 0.0971. The van der Waals surface area contributed by atoms with Crippen molar-refractivity contribution in [3.8, 4) is 17.0 Å². The van der Waals surface area contributed by atoms with Gasteiger partial charge in [0.2, 0.25) is 11.8 Å². The lowest BCUT2D eigenvalue weighted by atomic mass is 9.52. The first-order valence-electron chi connectivity index (χ1n) is 11.2. The quantitative estimate of drug-likeness (QED) is 0.436. The Hall–Kier alpha value is -2.94. The molecule has 5 rings (SSSR count). The third-order valence-corrected chi connectivity index (χ3v) is 5.92.